The predicted octanol–water partition coefficient (Wildman–Crippen LogP) is 2.30. The van der Waals surface area contributed by atoms with Crippen molar-refractivity contribution < 1.29 is 14.3 Å². The highest BCUT2D eigenvalue weighted by Gasteiger charge is 2.32. The Morgan fingerprint density at radius 2 is 1.70 bits per heavy atom. The van der Waals surface area contributed by atoms with Gasteiger partial charge in [0.1, 0.15) is 5.60 Å². The number of ether oxygens (including phenoxy) is 1. The lowest BCUT2D eigenvalue weighted by atomic mass is 9.84. The van der Waals surface area contributed by atoms with Crippen LogP contribution in [0.4, 0.5) is 4.79 Å². The highest BCUT2D eigenvalue weighted by atomic mass is 16.6. The fourth-order valence-corrected chi connectivity index (χ4v) is 2.63. The highest BCUT2D eigenvalue weighted by molar-refractivity contribution is 5.79. The average molecular weight is 282 g/mol. The molecule has 0 aromatic rings. The Bertz CT molecular complexity index is 364. The SMILES string of the molecule is CC(C)(C)OC(=O)NC1CCN(C(=O)C2CCC2)CC1. The molecule has 0 spiro atoms. The fourth-order valence-electron chi connectivity index (χ4n) is 2.63. The summed E-state index contributed by atoms with van der Waals surface area (Å²) in [5.74, 6) is 0.581. The van der Waals surface area contributed by atoms with E-state index in [9.17, 15) is 9.59 Å². The van der Waals surface area contributed by atoms with Crippen LogP contribution in [0.3, 0.4) is 0 Å². The Hall–Kier alpha value is -1.26. The number of nitrogens with zero attached hydrogens (tertiary/aromatic N) is 1. The van der Waals surface area contributed by atoms with E-state index in [0.29, 0.717) is 5.91 Å². The molecule has 2 fully saturated rings. The maximum absolute atomic E-state index is 12.1. The van der Waals surface area contributed by atoms with Gasteiger partial charge in [-0.1, -0.05) is 6.42 Å². The minimum atomic E-state index is -0.467. The number of nitrogens with one attached hydrogen (secondary N) is 1. The van der Waals surface area contributed by atoms with Crippen LogP contribution in [0.2, 0.25) is 0 Å². The lowest BCUT2D eigenvalue weighted by Crippen LogP contribution is -2.49. The van der Waals surface area contributed by atoms with Gasteiger partial charge in [0, 0.05) is 25.0 Å². The Kier molecular flexibility index (Phi) is 4.55. The molecule has 0 radical (unpaired) electrons. The summed E-state index contributed by atoms with van der Waals surface area (Å²) in [6.07, 6.45) is 4.56. The topological polar surface area (TPSA) is 58.6 Å². The minimum Gasteiger partial charge on any atom is -0.444 e. The zero-order valence-electron chi connectivity index (χ0n) is 12.8. The van der Waals surface area contributed by atoms with Gasteiger partial charge in [-0.15, -0.1) is 0 Å². The first kappa shape index (κ1) is 15.1. The summed E-state index contributed by atoms with van der Waals surface area (Å²) >= 11 is 0. The Labute approximate surface area is 121 Å². The van der Waals surface area contributed by atoms with Gasteiger partial charge in [0.2, 0.25) is 5.91 Å². The van der Waals surface area contributed by atoms with E-state index in [0.717, 1.165) is 38.8 Å². The first-order valence-electron chi connectivity index (χ1n) is 7.63. The van der Waals surface area contributed by atoms with E-state index in [1.165, 1.54) is 6.42 Å². The number of likely N-dealkylation sites (tertiary alicyclic amines) is 1. The second kappa shape index (κ2) is 6.02. The molecule has 0 unspecified atom stereocenters. The van der Waals surface area contributed by atoms with Gasteiger partial charge in [0.25, 0.3) is 0 Å². The molecule has 1 saturated carbocycles. The third kappa shape index (κ3) is 4.12. The van der Waals surface area contributed by atoms with E-state index in [4.69, 9.17) is 4.74 Å². The zero-order chi connectivity index (χ0) is 14.8. The van der Waals surface area contributed by atoms with E-state index in [-0.39, 0.29) is 18.1 Å². The molecule has 1 saturated heterocycles. The van der Waals surface area contributed by atoms with Crippen molar-refractivity contribution in [2.24, 2.45) is 5.92 Å². The van der Waals surface area contributed by atoms with Crippen LogP contribution in [0.1, 0.15) is 52.9 Å². The summed E-state index contributed by atoms with van der Waals surface area (Å²) in [6, 6.07) is 0.121. The van der Waals surface area contributed by atoms with Gasteiger partial charge in [-0.3, -0.25) is 4.79 Å². The molecule has 0 aromatic heterocycles. The lowest BCUT2D eigenvalue weighted by molar-refractivity contribution is -0.139. The van der Waals surface area contributed by atoms with Crippen LogP contribution in [-0.4, -0.2) is 41.6 Å². The standard InChI is InChI=1S/C15H26N2O3/c1-15(2,3)20-14(19)16-12-7-9-17(10-8-12)13(18)11-5-4-6-11/h11-12H,4-10H2,1-3H3,(H,16,19). The van der Waals surface area contributed by atoms with Crippen molar-refractivity contribution >= 4 is 12.0 Å². The van der Waals surface area contributed by atoms with Crippen molar-refractivity contribution in [3.05, 3.63) is 0 Å². The molecule has 2 rings (SSSR count). The van der Waals surface area contributed by atoms with Crippen LogP contribution < -0.4 is 5.32 Å². The number of amides is 2. The Morgan fingerprint density at radius 3 is 2.15 bits per heavy atom. The summed E-state index contributed by atoms with van der Waals surface area (Å²) in [6.45, 7) is 7.05. The molecule has 1 aliphatic heterocycles. The van der Waals surface area contributed by atoms with E-state index in [1.54, 1.807) is 0 Å². The molecule has 114 valence electrons. The quantitative estimate of drug-likeness (QED) is 0.845. The summed E-state index contributed by atoms with van der Waals surface area (Å²) in [5, 5.41) is 2.89. The predicted molar refractivity (Wildman–Crippen MR) is 76.3 cm³/mol. The van der Waals surface area contributed by atoms with Gasteiger partial charge < -0.3 is 15.0 Å². The molecule has 2 amide bonds. The maximum Gasteiger partial charge on any atom is 0.407 e. The van der Waals surface area contributed by atoms with Crippen molar-refractivity contribution in [2.45, 2.75) is 64.5 Å². The van der Waals surface area contributed by atoms with Crippen LogP contribution in [0, 0.1) is 5.92 Å². The maximum atomic E-state index is 12.1. The number of hydrogen-bond donors (Lipinski definition) is 1. The van der Waals surface area contributed by atoms with Crippen LogP contribution in [0.5, 0.6) is 0 Å². The molecule has 0 atom stereocenters. The van der Waals surface area contributed by atoms with Crippen molar-refractivity contribution in [1.29, 1.82) is 0 Å². The van der Waals surface area contributed by atoms with E-state index >= 15 is 0 Å². The molecule has 2 aliphatic rings. The van der Waals surface area contributed by atoms with Crippen LogP contribution in [0.25, 0.3) is 0 Å². The third-order valence-electron chi connectivity index (χ3n) is 3.98. The van der Waals surface area contributed by atoms with Crippen LogP contribution >= 0.6 is 0 Å². The van der Waals surface area contributed by atoms with E-state index in [2.05, 4.69) is 5.32 Å². The number of hydrogen-bond acceptors (Lipinski definition) is 3. The largest absolute Gasteiger partial charge is 0.444 e. The summed E-state index contributed by atoms with van der Waals surface area (Å²) in [7, 11) is 0. The molecule has 0 bridgehead atoms. The molecule has 1 aliphatic carbocycles. The molecule has 5 heteroatoms. The summed E-state index contributed by atoms with van der Waals surface area (Å²) in [5.41, 5.74) is -0.467. The van der Waals surface area contributed by atoms with Gasteiger partial charge in [0.15, 0.2) is 0 Å². The van der Waals surface area contributed by atoms with Crippen molar-refractivity contribution in [1.82, 2.24) is 10.2 Å². The number of piperidine rings is 1. The van der Waals surface area contributed by atoms with Gasteiger partial charge in [0.05, 0.1) is 0 Å². The first-order chi connectivity index (χ1) is 9.35. The smallest absolute Gasteiger partial charge is 0.407 e. The molecular weight excluding hydrogens is 256 g/mol. The second-order valence-corrected chi connectivity index (χ2v) is 6.87. The second-order valence-electron chi connectivity index (χ2n) is 6.87. The molecular formula is C15H26N2O3. The summed E-state index contributed by atoms with van der Waals surface area (Å²) in [4.78, 5) is 25.8. The average Bonchev–Trinajstić information content (AvgIpc) is 2.24. The van der Waals surface area contributed by atoms with Crippen molar-refractivity contribution in [3.8, 4) is 0 Å². The Morgan fingerprint density at radius 1 is 1.10 bits per heavy atom. The highest BCUT2D eigenvalue weighted by Crippen LogP contribution is 2.29. The normalized spacial score (nSPS) is 21.2. The van der Waals surface area contributed by atoms with E-state index < -0.39 is 5.60 Å². The van der Waals surface area contributed by atoms with Crippen molar-refractivity contribution in [2.75, 3.05) is 13.1 Å². The van der Waals surface area contributed by atoms with Gasteiger partial charge in [-0.25, -0.2) is 4.79 Å². The monoisotopic (exact) mass is 282 g/mol. The molecule has 1 heterocycles. The molecule has 0 aromatic carbocycles. The summed E-state index contributed by atoms with van der Waals surface area (Å²) < 4.78 is 5.25. The van der Waals surface area contributed by atoms with Crippen LogP contribution in [0.15, 0.2) is 0 Å². The zero-order valence-corrected chi connectivity index (χ0v) is 12.8. The van der Waals surface area contributed by atoms with Crippen LogP contribution in [-0.2, 0) is 9.53 Å². The lowest BCUT2D eigenvalue weighted by Gasteiger charge is -2.36. The van der Waals surface area contributed by atoms with Crippen molar-refractivity contribution in [3.63, 3.8) is 0 Å². The number of rotatable bonds is 2. The molecule has 5 nitrogen and oxygen atoms in total. The van der Waals surface area contributed by atoms with E-state index in [1.807, 2.05) is 25.7 Å². The number of alkyl carbamates (subject to hydrolysis) is 1. The third-order valence-corrected chi connectivity index (χ3v) is 3.98. The Balaban J connectivity index is 1.71. The number of carbonyl (C=O) groups excluding carboxylic acids is 2. The number of carbonyl (C=O) groups is 2. The van der Waals surface area contributed by atoms with Gasteiger partial charge >= 0.3 is 6.09 Å². The molecule has 20 heavy (non-hydrogen) atoms. The van der Waals surface area contributed by atoms with Gasteiger partial charge in [-0.2, -0.15) is 0 Å². The fraction of sp³-hybridized carbons (Fsp3) is 0.867. The first-order valence-corrected chi connectivity index (χ1v) is 7.63. The minimum absolute atomic E-state index is 0.121. The van der Waals surface area contributed by atoms with Gasteiger partial charge in [-0.05, 0) is 46.5 Å². The molecule has 1 N–H and O–H groups in total.